The molecule has 0 aliphatic heterocycles. The first-order chi connectivity index (χ1) is 9.19. The van der Waals surface area contributed by atoms with E-state index in [0.717, 1.165) is 31.8 Å². The zero-order valence-corrected chi connectivity index (χ0v) is 12.4. The van der Waals surface area contributed by atoms with Crippen LogP contribution in [0.25, 0.3) is 0 Å². The second kappa shape index (κ2) is 6.74. The van der Waals surface area contributed by atoms with Gasteiger partial charge < -0.3 is 11.1 Å². The largest absolute Gasteiger partial charge is 0.355 e. The van der Waals surface area contributed by atoms with E-state index < -0.39 is 0 Å². The van der Waals surface area contributed by atoms with Crippen LogP contribution in [0.5, 0.6) is 0 Å². The first kappa shape index (κ1) is 14.8. The predicted octanol–water partition coefficient (Wildman–Crippen LogP) is 2.84. The van der Waals surface area contributed by atoms with Crippen LogP contribution < -0.4 is 11.1 Å². The summed E-state index contributed by atoms with van der Waals surface area (Å²) in [7, 11) is 0. The van der Waals surface area contributed by atoms with Gasteiger partial charge in [0.25, 0.3) is 0 Å². The van der Waals surface area contributed by atoms with E-state index >= 15 is 0 Å². The minimum absolute atomic E-state index is 0.258. The molecule has 0 aromatic carbocycles. The fraction of sp³-hybridized carbons (Fsp3) is 0.938. The quantitative estimate of drug-likeness (QED) is 0.744. The topological polar surface area (TPSA) is 55.1 Å². The summed E-state index contributed by atoms with van der Waals surface area (Å²) in [4.78, 5) is 12.2. The van der Waals surface area contributed by atoms with Crippen molar-refractivity contribution in [2.75, 3.05) is 13.1 Å². The lowest BCUT2D eigenvalue weighted by Crippen LogP contribution is -2.38. The average molecular weight is 266 g/mol. The van der Waals surface area contributed by atoms with Crippen molar-refractivity contribution in [3.63, 3.8) is 0 Å². The molecule has 0 bridgehead atoms. The molecular weight excluding hydrogens is 236 g/mol. The average Bonchev–Trinajstić information content (AvgIpc) is 3.24. The lowest BCUT2D eigenvalue weighted by molar-refractivity contribution is -0.126. The highest BCUT2D eigenvalue weighted by atomic mass is 16.1. The van der Waals surface area contributed by atoms with Crippen LogP contribution in [0.3, 0.4) is 0 Å². The van der Waals surface area contributed by atoms with Gasteiger partial charge in [-0.3, -0.25) is 4.79 Å². The van der Waals surface area contributed by atoms with Gasteiger partial charge in [0.2, 0.25) is 5.91 Å². The molecule has 2 aliphatic rings. The summed E-state index contributed by atoms with van der Waals surface area (Å²) in [6.45, 7) is 3.78. The zero-order valence-electron chi connectivity index (χ0n) is 12.4. The lowest BCUT2D eigenvalue weighted by Gasteiger charge is -2.28. The van der Waals surface area contributed by atoms with E-state index in [1.165, 1.54) is 44.9 Å². The number of hydrogen-bond donors (Lipinski definition) is 2. The summed E-state index contributed by atoms with van der Waals surface area (Å²) in [6.07, 6.45) is 11.1. The molecule has 110 valence electrons. The summed E-state index contributed by atoms with van der Waals surface area (Å²) in [5.74, 6) is 1.43. The van der Waals surface area contributed by atoms with Gasteiger partial charge in [0.15, 0.2) is 0 Å². The van der Waals surface area contributed by atoms with E-state index in [1.54, 1.807) is 0 Å². The van der Waals surface area contributed by atoms with Gasteiger partial charge in [-0.15, -0.1) is 0 Å². The van der Waals surface area contributed by atoms with Gasteiger partial charge in [-0.2, -0.15) is 0 Å². The van der Waals surface area contributed by atoms with Gasteiger partial charge in [-0.25, -0.2) is 0 Å². The van der Waals surface area contributed by atoms with E-state index in [0.29, 0.717) is 0 Å². The number of carbonyl (C=O) groups excluding carboxylic acids is 1. The molecule has 0 heterocycles. The normalized spacial score (nSPS) is 28.9. The minimum atomic E-state index is 0.258. The molecule has 2 saturated carbocycles. The Hall–Kier alpha value is -0.570. The van der Waals surface area contributed by atoms with E-state index in [2.05, 4.69) is 12.2 Å². The number of carbonyl (C=O) groups is 1. The van der Waals surface area contributed by atoms with Crippen LogP contribution >= 0.6 is 0 Å². The van der Waals surface area contributed by atoms with Gasteiger partial charge in [0.05, 0.1) is 0 Å². The highest BCUT2D eigenvalue weighted by molar-refractivity contribution is 5.78. The summed E-state index contributed by atoms with van der Waals surface area (Å²) in [6, 6.07) is 0. The number of nitrogens with one attached hydrogen (secondary N) is 1. The van der Waals surface area contributed by atoms with Crippen LogP contribution in [0.15, 0.2) is 0 Å². The first-order valence-electron chi connectivity index (χ1n) is 8.17. The lowest BCUT2D eigenvalue weighted by atomic mass is 9.79. The second-order valence-electron chi connectivity index (χ2n) is 6.78. The SMILES string of the molecule is CCCCC1CCC(C(=O)NCC2(CN)CC2)CC1. The number of rotatable bonds is 7. The highest BCUT2D eigenvalue weighted by Gasteiger charge is 2.41. The molecule has 0 aromatic heterocycles. The molecule has 2 fully saturated rings. The van der Waals surface area contributed by atoms with E-state index in [-0.39, 0.29) is 17.2 Å². The summed E-state index contributed by atoms with van der Waals surface area (Å²) >= 11 is 0. The number of unbranched alkanes of at least 4 members (excludes halogenated alkanes) is 1. The van der Waals surface area contributed by atoms with Gasteiger partial charge in [-0.1, -0.05) is 26.2 Å². The second-order valence-corrected chi connectivity index (χ2v) is 6.78. The molecule has 3 heteroatoms. The van der Waals surface area contributed by atoms with E-state index in [9.17, 15) is 4.79 Å². The molecule has 0 saturated heterocycles. The number of nitrogens with two attached hydrogens (primary N) is 1. The van der Waals surface area contributed by atoms with Crippen LogP contribution in [-0.2, 0) is 4.79 Å². The third-order valence-electron chi connectivity index (χ3n) is 5.21. The van der Waals surface area contributed by atoms with E-state index in [1.807, 2.05) is 0 Å². The molecule has 2 rings (SSSR count). The Morgan fingerprint density at radius 1 is 1.26 bits per heavy atom. The van der Waals surface area contributed by atoms with Crippen LogP contribution in [-0.4, -0.2) is 19.0 Å². The fourth-order valence-corrected chi connectivity index (χ4v) is 3.25. The van der Waals surface area contributed by atoms with Crippen molar-refractivity contribution in [1.82, 2.24) is 5.32 Å². The highest BCUT2D eigenvalue weighted by Crippen LogP contribution is 2.43. The van der Waals surface area contributed by atoms with Gasteiger partial charge in [0, 0.05) is 12.5 Å². The van der Waals surface area contributed by atoms with Crippen molar-refractivity contribution < 1.29 is 4.79 Å². The zero-order chi connectivity index (χ0) is 13.7. The van der Waals surface area contributed by atoms with E-state index in [4.69, 9.17) is 5.73 Å². The van der Waals surface area contributed by atoms with Crippen LogP contribution in [0.2, 0.25) is 0 Å². The van der Waals surface area contributed by atoms with Gasteiger partial charge >= 0.3 is 0 Å². The molecule has 0 aromatic rings. The molecule has 2 aliphatic carbocycles. The Bertz CT molecular complexity index is 291. The maximum Gasteiger partial charge on any atom is 0.223 e. The Morgan fingerprint density at radius 2 is 1.95 bits per heavy atom. The maximum atomic E-state index is 12.2. The van der Waals surface area contributed by atoms with Gasteiger partial charge in [0.1, 0.15) is 0 Å². The maximum absolute atomic E-state index is 12.2. The van der Waals surface area contributed by atoms with Crippen molar-refractivity contribution >= 4 is 5.91 Å². The molecule has 1 amide bonds. The van der Waals surface area contributed by atoms with Crippen LogP contribution in [0.4, 0.5) is 0 Å². The van der Waals surface area contributed by atoms with Gasteiger partial charge in [-0.05, 0) is 56.4 Å². The minimum Gasteiger partial charge on any atom is -0.355 e. The fourth-order valence-electron chi connectivity index (χ4n) is 3.25. The molecule has 19 heavy (non-hydrogen) atoms. The molecule has 0 spiro atoms. The smallest absolute Gasteiger partial charge is 0.223 e. The monoisotopic (exact) mass is 266 g/mol. The van der Waals surface area contributed by atoms with Crippen molar-refractivity contribution in [3.05, 3.63) is 0 Å². The molecule has 0 radical (unpaired) electrons. The van der Waals surface area contributed by atoms with Crippen molar-refractivity contribution in [2.45, 2.75) is 64.7 Å². The van der Waals surface area contributed by atoms with Crippen LogP contribution in [0, 0.1) is 17.3 Å². The van der Waals surface area contributed by atoms with Crippen molar-refractivity contribution in [3.8, 4) is 0 Å². The first-order valence-corrected chi connectivity index (χ1v) is 8.17. The summed E-state index contributed by atoms with van der Waals surface area (Å²) < 4.78 is 0. The Labute approximate surface area is 117 Å². The molecular formula is C16H30N2O. The standard InChI is InChI=1S/C16H30N2O/c1-2-3-4-13-5-7-14(8-6-13)15(19)18-12-16(11-17)9-10-16/h13-14H,2-12,17H2,1H3,(H,18,19). The number of amides is 1. The Balaban J connectivity index is 1.65. The third kappa shape index (κ3) is 4.20. The third-order valence-corrected chi connectivity index (χ3v) is 5.21. The summed E-state index contributed by atoms with van der Waals surface area (Å²) in [5.41, 5.74) is 6.00. The molecule has 0 atom stereocenters. The molecule has 3 N–H and O–H groups in total. The van der Waals surface area contributed by atoms with Crippen LogP contribution in [0.1, 0.15) is 64.7 Å². The van der Waals surface area contributed by atoms with Crippen molar-refractivity contribution in [2.24, 2.45) is 23.0 Å². The van der Waals surface area contributed by atoms with Crippen molar-refractivity contribution in [1.29, 1.82) is 0 Å². The molecule has 3 nitrogen and oxygen atoms in total. The molecule has 0 unspecified atom stereocenters. The number of hydrogen-bond acceptors (Lipinski definition) is 2. The Kier molecular flexibility index (Phi) is 5.26. The Morgan fingerprint density at radius 3 is 2.47 bits per heavy atom. The summed E-state index contributed by atoms with van der Waals surface area (Å²) in [5, 5.41) is 3.15. The predicted molar refractivity (Wildman–Crippen MR) is 78.7 cm³/mol.